The van der Waals surface area contributed by atoms with Gasteiger partial charge in [-0.25, -0.2) is 9.78 Å². The van der Waals surface area contributed by atoms with Gasteiger partial charge in [0.05, 0.1) is 29.9 Å². The highest BCUT2D eigenvalue weighted by Gasteiger charge is 2.18. The number of imidazole rings is 1. The van der Waals surface area contributed by atoms with Gasteiger partial charge in [0.2, 0.25) is 5.88 Å². The van der Waals surface area contributed by atoms with Crippen molar-refractivity contribution in [1.29, 1.82) is 0 Å². The number of methoxy groups -OCH3 is 1. The molecule has 0 bridgehead atoms. The van der Waals surface area contributed by atoms with Gasteiger partial charge in [0.25, 0.3) is 0 Å². The molecule has 7 heteroatoms. The summed E-state index contributed by atoms with van der Waals surface area (Å²) in [5.41, 5.74) is 3.98. The van der Waals surface area contributed by atoms with Crippen LogP contribution in [0.4, 0.5) is 0 Å². The van der Waals surface area contributed by atoms with Gasteiger partial charge < -0.3 is 4.74 Å². The molecule has 0 spiro atoms. The summed E-state index contributed by atoms with van der Waals surface area (Å²) in [6, 6.07) is 9.64. The Morgan fingerprint density at radius 3 is 2.83 bits per heavy atom. The zero-order valence-corrected chi connectivity index (χ0v) is 13.6. The van der Waals surface area contributed by atoms with Gasteiger partial charge in [-0.3, -0.25) is 14.1 Å². The molecule has 24 heavy (non-hydrogen) atoms. The van der Waals surface area contributed by atoms with Crippen LogP contribution in [0.15, 0.2) is 47.5 Å². The van der Waals surface area contributed by atoms with E-state index in [9.17, 15) is 4.79 Å². The van der Waals surface area contributed by atoms with E-state index in [1.807, 2.05) is 32.1 Å². The second kappa shape index (κ2) is 5.23. The molecule has 6 nitrogen and oxygen atoms in total. The number of benzene rings is 1. The summed E-state index contributed by atoms with van der Waals surface area (Å²) in [7, 11) is 5.31. The van der Waals surface area contributed by atoms with Gasteiger partial charge in [-0.2, -0.15) is 0 Å². The molecular formula is C17H15BN4O2. The maximum atomic E-state index is 12.9. The van der Waals surface area contributed by atoms with E-state index < -0.39 is 0 Å². The van der Waals surface area contributed by atoms with Crippen LogP contribution in [0.5, 0.6) is 5.88 Å². The molecule has 0 atom stereocenters. The fourth-order valence-corrected chi connectivity index (χ4v) is 3.04. The molecule has 3 heterocycles. The van der Waals surface area contributed by atoms with Gasteiger partial charge in [-0.1, -0.05) is 17.6 Å². The normalized spacial score (nSPS) is 11.2. The molecule has 3 aromatic heterocycles. The highest BCUT2D eigenvalue weighted by molar-refractivity contribution is 6.33. The third-order valence-electron chi connectivity index (χ3n) is 4.22. The molecule has 4 aromatic rings. The van der Waals surface area contributed by atoms with Crippen LogP contribution in [0.25, 0.3) is 27.6 Å². The SMILES string of the molecule is Bc1ccc2ncc3c(c2c1)n(-c1cccnc1OC)c(=O)n3C. The summed E-state index contributed by atoms with van der Waals surface area (Å²) in [6.45, 7) is 0. The number of aryl methyl sites for hydroxylation is 1. The number of pyridine rings is 2. The van der Waals surface area contributed by atoms with Crippen molar-refractivity contribution in [2.45, 2.75) is 0 Å². The van der Waals surface area contributed by atoms with Crippen molar-refractivity contribution < 1.29 is 4.74 Å². The monoisotopic (exact) mass is 318 g/mol. The average molecular weight is 318 g/mol. The summed E-state index contributed by atoms with van der Waals surface area (Å²) in [5, 5.41) is 0.927. The highest BCUT2D eigenvalue weighted by atomic mass is 16.5. The summed E-state index contributed by atoms with van der Waals surface area (Å²) in [4.78, 5) is 21.6. The average Bonchev–Trinajstić information content (AvgIpc) is 2.86. The van der Waals surface area contributed by atoms with Crippen LogP contribution in [0.1, 0.15) is 0 Å². The summed E-state index contributed by atoms with van der Waals surface area (Å²) < 4.78 is 8.59. The Bertz CT molecular complexity index is 1150. The first-order chi connectivity index (χ1) is 11.6. The predicted molar refractivity (Wildman–Crippen MR) is 96.3 cm³/mol. The van der Waals surface area contributed by atoms with Gasteiger partial charge in [0.1, 0.15) is 13.5 Å². The molecule has 0 aliphatic rings. The third kappa shape index (κ3) is 1.94. The maximum Gasteiger partial charge on any atom is 0.333 e. The van der Waals surface area contributed by atoms with E-state index in [1.165, 1.54) is 0 Å². The van der Waals surface area contributed by atoms with E-state index in [2.05, 4.69) is 9.97 Å². The van der Waals surface area contributed by atoms with Crippen LogP contribution in [-0.4, -0.2) is 34.1 Å². The van der Waals surface area contributed by atoms with E-state index >= 15 is 0 Å². The van der Waals surface area contributed by atoms with Crippen molar-refractivity contribution in [3.8, 4) is 11.6 Å². The number of aromatic nitrogens is 4. The smallest absolute Gasteiger partial charge is 0.333 e. The maximum absolute atomic E-state index is 12.9. The van der Waals surface area contributed by atoms with Crippen LogP contribution < -0.4 is 15.9 Å². The first kappa shape index (κ1) is 14.5. The van der Waals surface area contributed by atoms with Gasteiger partial charge in [0.15, 0.2) is 0 Å². The van der Waals surface area contributed by atoms with Crippen molar-refractivity contribution in [3.05, 3.63) is 53.2 Å². The minimum Gasteiger partial charge on any atom is -0.479 e. The molecule has 0 fully saturated rings. The largest absolute Gasteiger partial charge is 0.479 e. The number of hydrogen-bond acceptors (Lipinski definition) is 4. The Balaban J connectivity index is 2.25. The lowest BCUT2D eigenvalue weighted by molar-refractivity contribution is 0.396. The zero-order chi connectivity index (χ0) is 16.8. The number of ether oxygens (including phenoxy) is 1. The first-order valence-electron chi connectivity index (χ1n) is 7.58. The number of rotatable bonds is 2. The minimum absolute atomic E-state index is 0.160. The molecule has 0 aliphatic heterocycles. The quantitative estimate of drug-likeness (QED) is 0.506. The van der Waals surface area contributed by atoms with Gasteiger partial charge in [-0.15, -0.1) is 0 Å². The lowest BCUT2D eigenvalue weighted by atomic mass is 9.94. The van der Waals surface area contributed by atoms with Crippen LogP contribution in [0.3, 0.4) is 0 Å². The second-order valence-electron chi connectivity index (χ2n) is 5.72. The number of nitrogens with zero attached hydrogens (tertiary/aromatic N) is 4. The summed E-state index contributed by atoms with van der Waals surface area (Å²) in [5.74, 6) is 0.407. The van der Waals surface area contributed by atoms with Crippen molar-refractivity contribution in [2.75, 3.05) is 7.11 Å². The lowest BCUT2D eigenvalue weighted by Crippen LogP contribution is -2.21. The fourth-order valence-electron chi connectivity index (χ4n) is 3.04. The summed E-state index contributed by atoms with van der Waals surface area (Å²) >= 11 is 0. The van der Waals surface area contributed by atoms with Crippen LogP contribution >= 0.6 is 0 Å². The summed E-state index contributed by atoms with van der Waals surface area (Å²) in [6.07, 6.45) is 3.37. The lowest BCUT2D eigenvalue weighted by Gasteiger charge is -2.09. The molecule has 0 saturated carbocycles. The molecule has 0 amide bonds. The van der Waals surface area contributed by atoms with E-state index in [0.29, 0.717) is 11.6 Å². The molecule has 0 radical (unpaired) electrons. The Morgan fingerprint density at radius 1 is 1.21 bits per heavy atom. The highest BCUT2D eigenvalue weighted by Crippen LogP contribution is 2.27. The Hall–Kier alpha value is -3.09. The van der Waals surface area contributed by atoms with Gasteiger partial charge >= 0.3 is 5.69 Å². The van der Waals surface area contributed by atoms with Crippen LogP contribution in [0.2, 0.25) is 0 Å². The Labute approximate surface area is 138 Å². The van der Waals surface area contributed by atoms with E-state index in [-0.39, 0.29) is 5.69 Å². The first-order valence-corrected chi connectivity index (χ1v) is 7.58. The minimum atomic E-state index is -0.160. The molecular weight excluding hydrogens is 303 g/mol. The fraction of sp³-hybridized carbons (Fsp3) is 0.118. The van der Waals surface area contributed by atoms with Crippen molar-refractivity contribution in [1.82, 2.24) is 19.1 Å². The van der Waals surface area contributed by atoms with Crippen molar-refractivity contribution >= 4 is 35.2 Å². The standard InChI is InChI=1S/C17H15BN4O2/c1-21-14-9-20-12-6-5-10(18)8-11(12)15(14)22(17(21)23)13-4-3-7-19-16(13)24-2/h3-9H,18H2,1-2H3. The third-order valence-corrected chi connectivity index (χ3v) is 4.22. The molecule has 118 valence electrons. The second-order valence-corrected chi connectivity index (χ2v) is 5.72. The zero-order valence-electron chi connectivity index (χ0n) is 13.6. The molecule has 0 unspecified atom stereocenters. The van der Waals surface area contributed by atoms with E-state index in [0.717, 1.165) is 27.4 Å². The predicted octanol–water partition coefficient (Wildman–Crippen LogP) is 0.539. The molecule has 1 aromatic carbocycles. The number of hydrogen-bond donors (Lipinski definition) is 0. The van der Waals surface area contributed by atoms with Gasteiger partial charge in [0, 0.05) is 18.6 Å². The topological polar surface area (TPSA) is 61.9 Å². The van der Waals surface area contributed by atoms with Crippen LogP contribution in [-0.2, 0) is 7.05 Å². The Kier molecular flexibility index (Phi) is 3.16. The molecule has 0 saturated heterocycles. The van der Waals surface area contributed by atoms with E-state index in [4.69, 9.17) is 4.74 Å². The van der Waals surface area contributed by atoms with E-state index in [1.54, 1.807) is 41.8 Å². The molecule has 4 rings (SSSR count). The Morgan fingerprint density at radius 2 is 2.04 bits per heavy atom. The van der Waals surface area contributed by atoms with Crippen LogP contribution in [0, 0.1) is 0 Å². The van der Waals surface area contributed by atoms with Crippen molar-refractivity contribution in [3.63, 3.8) is 0 Å². The van der Waals surface area contributed by atoms with Crippen molar-refractivity contribution in [2.24, 2.45) is 7.05 Å². The number of fused-ring (bicyclic) bond motifs is 3. The molecule has 0 aliphatic carbocycles. The van der Waals surface area contributed by atoms with Gasteiger partial charge in [-0.05, 0) is 18.2 Å². The molecule has 0 N–H and O–H groups in total.